The van der Waals surface area contributed by atoms with Gasteiger partial charge in [-0.15, -0.1) is 0 Å². The summed E-state index contributed by atoms with van der Waals surface area (Å²) in [6.45, 7) is 12.5. The summed E-state index contributed by atoms with van der Waals surface area (Å²) in [6.07, 6.45) is 0. The van der Waals surface area contributed by atoms with Crippen molar-refractivity contribution in [1.82, 2.24) is 0 Å². The minimum absolute atomic E-state index is 0.0703. The number of rotatable bonds is 2. The maximum absolute atomic E-state index is 7.14. The second-order valence-electron chi connectivity index (χ2n) is 3.96. The van der Waals surface area contributed by atoms with Gasteiger partial charge in [0.2, 0.25) is 6.04 Å². The van der Waals surface area contributed by atoms with E-state index in [1.54, 1.807) is 0 Å². The number of para-hydroxylation sites is 1. The molecule has 0 radical (unpaired) electrons. The summed E-state index contributed by atoms with van der Waals surface area (Å²) in [4.78, 5) is 5.91. The van der Waals surface area contributed by atoms with Crippen LogP contribution in [0.3, 0.4) is 0 Å². The molecule has 1 aliphatic heterocycles. The van der Waals surface area contributed by atoms with Crippen molar-refractivity contribution in [3.63, 3.8) is 0 Å². The maximum Gasteiger partial charge on any atom is 0.247 e. The van der Waals surface area contributed by atoms with Gasteiger partial charge in [0.05, 0.1) is 18.8 Å². The van der Waals surface area contributed by atoms with Gasteiger partial charge in [0.25, 0.3) is 0 Å². The molecule has 2 rings (SSSR count). The van der Waals surface area contributed by atoms with Crippen LogP contribution in [0.1, 0.15) is 18.5 Å². The maximum atomic E-state index is 7.14. The van der Waals surface area contributed by atoms with E-state index in [9.17, 15) is 0 Å². The first-order valence-corrected chi connectivity index (χ1v) is 5.61. The van der Waals surface area contributed by atoms with Crippen LogP contribution in [0, 0.1) is 6.57 Å². The van der Waals surface area contributed by atoms with Crippen LogP contribution in [0.5, 0.6) is 0 Å². The molecule has 1 atom stereocenters. The molecule has 1 heterocycles. The molecule has 1 unspecified atom stereocenters. The predicted octanol–water partition coefficient (Wildman–Crippen LogP) is 2.50. The zero-order valence-corrected chi connectivity index (χ0v) is 9.52. The fourth-order valence-corrected chi connectivity index (χ4v) is 2.00. The third kappa shape index (κ3) is 2.17. The Morgan fingerprint density at radius 3 is 2.69 bits per heavy atom. The summed E-state index contributed by atoms with van der Waals surface area (Å²) in [5, 5.41) is 0. The first kappa shape index (κ1) is 11.0. The van der Waals surface area contributed by atoms with Crippen molar-refractivity contribution < 1.29 is 4.74 Å². The number of hydrogen-bond donors (Lipinski definition) is 0. The highest BCUT2D eigenvalue weighted by Crippen LogP contribution is 2.28. The van der Waals surface area contributed by atoms with E-state index in [4.69, 9.17) is 11.3 Å². The monoisotopic (exact) mass is 216 g/mol. The molecule has 0 bridgehead atoms. The lowest BCUT2D eigenvalue weighted by Crippen LogP contribution is -2.36. The van der Waals surface area contributed by atoms with Crippen LogP contribution in [-0.2, 0) is 4.74 Å². The molecule has 0 aromatic heterocycles. The van der Waals surface area contributed by atoms with E-state index >= 15 is 0 Å². The lowest BCUT2D eigenvalue weighted by atomic mass is 10.1. The molecule has 0 saturated carbocycles. The average molecular weight is 216 g/mol. The van der Waals surface area contributed by atoms with Crippen LogP contribution in [0.2, 0.25) is 0 Å². The Hall–Kier alpha value is -1.53. The number of nitrogens with zero attached hydrogens (tertiary/aromatic N) is 2. The van der Waals surface area contributed by atoms with Gasteiger partial charge >= 0.3 is 0 Å². The minimum Gasteiger partial charge on any atom is -0.378 e. The lowest BCUT2D eigenvalue weighted by molar-refractivity contribution is 0.122. The first-order chi connectivity index (χ1) is 7.83. The number of anilines is 1. The van der Waals surface area contributed by atoms with Crippen molar-refractivity contribution in [3.8, 4) is 0 Å². The van der Waals surface area contributed by atoms with Gasteiger partial charge < -0.3 is 14.5 Å². The molecular weight excluding hydrogens is 200 g/mol. The third-order valence-electron chi connectivity index (χ3n) is 2.93. The summed E-state index contributed by atoms with van der Waals surface area (Å²) in [5.41, 5.74) is 2.31. The van der Waals surface area contributed by atoms with E-state index < -0.39 is 0 Å². The zero-order chi connectivity index (χ0) is 11.4. The molecule has 0 aliphatic carbocycles. The highest BCUT2D eigenvalue weighted by Gasteiger charge is 2.19. The van der Waals surface area contributed by atoms with Crippen molar-refractivity contribution in [2.45, 2.75) is 13.0 Å². The number of morpholine rings is 1. The molecular formula is C13H16N2O. The molecule has 3 heteroatoms. The Kier molecular flexibility index (Phi) is 3.43. The molecule has 1 aromatic carbocycles. The Balaban J connectivity index is 2.28. The van der Waals surface area contributed by atoms with E-state index in [-0.39, 0.29) is 6.04 Å². The Morgan fingerprint density at radius 1 is 1.31 bits per heavy atom. The van der Waals surface area contributed by atoms with Crippen molar-refractivity contribution in [3.05, 3.63) is 41.2 Å². The standard InChI is InChI=1S/C13H16N2O/c1-11(14-2)12-5-3-4-6-13(12)15-7-9-16-10-8-15/h3-6,11H,7-10H2,1H3. The topological polar surface area (TPSA) is 16.8 Å². The van der Waals surface area contributed by atoms with Crippen LogP contribution < -0.4 is 4.90 Å². The molecule has 1 aliphatic rings. The Bertz CT molecular complexity index is 391. The quantitative estimate of drug-likeness (QED) is 0.706. The number of benzene rings is 1. The largest absolute Gasteiger partial charge is 0.378 e. The van der Waals surface area contributed by atoms with Gasteiger partial charge in [-0.25, -0.2) is 6.57 Å². The molecule has 16 heavy (non-hydrogen) atoms. The molecule has 1 aromatic rings. The van der Waals surface area contributed by atoms with Gasteiger partial charge in [0.1, 0.15) is 0 Å². The molecule has 0 N–H and O–H groups in total. The Morgan fingerprint density at radius 2 is 2.00 bits per heavy atom. The summed E-state index contributed by atoms with van der Waals surface area (Å²) in [6, 6.07) is 8.11. The van der Waals surface area contributed by atoms with Gasteiger partial charge in [0, 0.05) is 25.7 Å². The minimum atomic E-state index is -0.0703. The summed E-state index contributed by atoms with van der Waals surface area (Å²) < 4.78 is 5.35. The average Bonchev–Trinajstić information content (AvgIpc) is 2.39. The molecule has 1 saturated heterocycles. The van der Waals surface area contributed by atoms with Crippen molar-refractivity contribution in [2.75, 3.05) is 31.2 Å². The van der Waals surface area contributed by atoms with E-state index in [2.05, 4.69) is 15.8 Å². The van der Waals surface area contributed by atoms with Crippen LogP contribution >= 0.6 is 0 Å². The smallest absolute Gasteiger partial charge is 0.247 e. The third-order valence-corrected chi connectivity index (χ3v) is 2.93. The van der Waals surface area contributed by atoms with Crippen LogP contribution in [-0.4, -0.2) is 26.3 Å². The van der Waals surface area contributed by atoms with Crippen molar-refractivity contribution in [1.29, 1.82) is 0 Å². The number of ether oxygens (including phenoxy) is 1. The predicted molar refractivity (Wildman–Crippen MR) is 64.5 cm³/mol. The van der Waals surface area contributed by atoms with Gasteiger partial charge in [0.15, 0.2) is 0 Å². The van der Waals surface area contributed by atoms with Crippen LogP contribution in [0.4, 0.5) is 5.69 Å². The van der Waals surface area contributed by atoms with Crippen molar-refractivity contribution >= 4 is 5.69 Å². The van der Waals surface area contributed by atoms with Crippen molar-refractivity contribution in [2.24, 2.45) is 0 Å². The van der Waals surface area contributed by atoms with E-state index in [0.29, 0.717) is 0 Å². The highest BCUT2D eigenvalue weighted by molar-refractivity contribution is 5.55. The lowest BCUT2D eigenvalue weighted by Gasteiger charge is -2.30. The van der Waals surface area contributed by atoms with Gasteiger partial charge in [-0.05, 0) is 12.1 Å². The molecule has 0 spiro atoms. The molecule has 1 fully saturated rings. The second-order valence-corrected chi connectivity index (χ2v) is 3.96. The van der Waals surface area contributed by atoms with E-state index in [0.717, 1.165) is 31.9 Å². The van der Waals surface area contributed by atoms with Gasteiger partial charge in [-0.1, -0.05) is 12.1 Å². The van der Waals surface area contributed by atoms with E-state index in [1.807, 2.05) is 25.1 Å². The second kappa shape index (κ2) is 5.00. The Labute approximate surface area is 96.5 Å². The molecule has 84 valence electrons. The van der Waals surface area contributed by atoms with Gasteiger partial charge in [-0.2, -0.15) is 0 Å². The SMILES string of the molecule is [C-]#[N+]C(C)c1ccccc1N1CCOCC1. The van der Waals surface area contributed by atoms with Crippen LogP contribution in [0.25, 0.3) is 4.85 Å². The normalized spacial score (nSPS) is 17.9. The first-order valence-electron chi connectivity index (χ1n) is 5.61. The highest BCUT2D eigenvalue weighted by atomic mass is 16.5. The summed E-state index contributed by atoms with van der Waals surface area (Å²) >= 11 is 0. The summed E-state index contributed by atoms with van der Waals surface area (Å²) in [5.74, 6) is 0. The molecule has 0 amide bonds. The molecule has 3 nitrogen and oxygen atoms in total. The fourth-order valence-electron chi connectivity index (χ4n) is 2.00. The van der Waals surface area contributed by atoms with E-state index in [1.165, 1.54) is 5.69 Å². The van der Waals surface area contributed by atoms with Crippen LogP contribution in [0.15, 0.2) is 24.3 Å². The summed E-state index contributed by atoms with van der Waals surface area (Å²) in [7, 11) is 0. The van der Waals surface area contributed by atoms with Gasteiger partial charge in [-0.3, -0.25) is 0 Å². The zero-order valence-electron chi connectivity index (χ0n) is 9.52. The fraction of sp³-hybridized carbons (Fsp3) is 0.462. The number of hydrogen-bond acceptors (Lipinski definition) is 2.